The highest BCUT2D eigenvalue weighted by molar-refractivity contribution is 7.52. The third-order valence-electron chi connectivity index (χ3n) is 10.3. The quantitative estimate of drug-likeness (QED) is 0.0234. The maximum Gasteiger partial charge on any atom is 0.327 e. The molecule has 0 saturated heterocycles. The summed E-state index contributed by atoms with van der Waals surface area (Å²) in [6, 6.07) is -10.7. The molecule has 33 heteroatoms. The molecule has 2 aromatic heterocycles. The number of hydrogen-bond donors (Lipinski definition) is 15. The van der Waals surface area contributed by atoms with Gasteiger partial charge < -0.3 is 79.1 Å². The number of carboxylic acids is 1. The number of hydrogen-bond acceptors (Lipinski definition) is 17. The second-order valence-electron chi connectivity index (χ2n) is 16.8. The molecule has 0 saturated carbocycles. The zero-order chi connectivity index (χ0) is 53.6. The minimum atomic E-state index is -4.43. The van der Waals surface area contributed by atoms with Crippen molar-refractivity contribution in [3.8, 4) is 0 Å². The Labute approximate surface area is 408 Å². The Balaban J connectivity index is 2.42. The highest BCUT2D eigenvalue weighted by atomic mass is 31.2. The first-order valence-corrected chi connectivity index (χ1v) is 26.1. The molecule has 2 aromatic rings. The number of aryl methyl sites for hydroxylation is 2. The van der Waals surface area contributed by atoms with E-state index < -0.39 is 130 Å². The predicted molar refractivity (Wildman–Crippen MR) is 249 cm³/mol. The summed E-state index contributed by atoms with van der Waals surface area (Å²) >= 11 is 0. The van der Waals surface area contributed by atoms with Crippen LogP contribution in [0.4, 0.5) is 0 Å². The molecular formula is C38H68N16O15P2. The van der Waals surface area contributed by atoms with Crippen molar-refractivity contribution in [2.75, 3.05) is 25.4 Å². The van der Waals surface area contributed by atoms with E-state index >= 15 is 0 Å². The van der Waals surface area contributed by atoms with Crippen molar-refractivity contribution in [2.45, 2.75) is 140 Å². The van der Waals surface area contributed by atoms with Crippen LogP contribution in [0.1, 0.15) is 77.6 Å². The predicted octanol–water partition coefficient (Wildman–Crippen LogP) is -5.85. The van der Waals surface area contributed by atoms with Crippen LogP contribution in [0.15, 0.2) is 12.4 Å². The van der Waals surface area contributed by atoms with E-state index in [1.165, 1.54) is 40.1 Å². The summed E-state index contributed by atoms with van der Waals surface area (Å²) in [6.07, 6.45) is 2.20. The number of unbranched alkanes of at least 4 members (excludes halogenated alkanes) is 2. The van der Waals surface area contributed by atoms with Crippen LogP contribution in [0.25, 0.3) is 0 Å². The lowest BCUT2D eigenvalue weighted by Gasteiger charge is -2.26. The SMILES string of the molecule is C[C@H](N)C(=O)N[C@@H](CCCCN)C(=O)N[C@@H](Cc1cn(CCP(=O)(O)O)nn1)C(=O)N[C@@H](C)C(=O)N[C@@H](CCCCN)C(=O)N[C@@H](Cc1cn(CCP(=O)(O)O)nn1)C(=O)N[C@@H](C)C(=O)N[C@@H](C)C(=O)O. The standard InChI is InChI=1S/C38H68N16O15P2/c1-21(41)31(55)45-27(9-5-7-11-39)34(58)47-30(18-26-20-54(52-50-26)14-16-71(67,68)69)37(61)43-23(3)33(57)46-28(10-6-8-12-40)35(59)48-29(17-25-19-53(51-49-25)13-15-70(64,65)66)36(60)42-22(2)32(56)44-24(4)38(62)63/h19-24,27-30H,5-18,39-41H2,1-4H3,(H,42,60)(H,43,61)(H,44,56)(H,45,55)(H,46,57)(H,47,58)(H,48,59)(H,62,63)(H2,64,65,66)(H2,67,68,69)/t21-,22-,23-,24-,27-,28-,29-,30-/m0/s1. The summed E-state index contributed by atoms with van der Waals surface area (Å²) in [7, 11) is -8.86. The van der Waals surface area contributed by atoms with E-state index in [1.54, 1.807) is 0 Å². The summed E-state index contributed by atoms with van der Waals surface area (Å²) in [6.45, 7) is 5.09. The molecule has 2 rings (SSSR count). The Hall–Kier alpha value is -5.78. The molecule has 0 aliphatic carbocycles. The first kappa shape index (κ1) is 61.3. The highest BCUT2D eigenvalue weighted by Gasteiger charge is 2.33. The molecule has 0 aliphatic heterocycles. The number of nitrogens with zero attached hydrogens (tertiary/aromatic N) is 6. The zero-order valence-corrected chi connectivity index (χ0v) is 41.6. The molecule has 400 valence electrons. The lowest BCUT2D eigenvalue weighted by Crippen LogP contribution is -2.60. The van der Waals surface area contributed by atoms with Crippen molar-refractivity contribution in [1.82, 2.24) is 67.2 Å². The molecule has 71 heavy (non-hydrogen) atoms. The minimum absolute atomic E-state index is 0.0522. The molecular weight excluding hydrogens is 982 g/mol. The number of aliphatic carboxylic acids is 1. The number of carbonyl (C=O) groups is 8. The van der Waals surface area contributed by atoms with Crippen LogP contribution >= 0.6 is 15.2 Å². The molecule has 0 bridgehead atoms. The molecule has 18 N–H and O–H groups in total. The summed E-state index contributed by atoms with van der Waals surface area (Å²) < 4.78 is 25.1. The van der Waals surface area contributed by atoms with Gasteiger partial charge in [0.1, 0.15) is 42.3 Å². The van der Waals surface area contributed by atoms with Gasteiger partial charge in [-0.05, 0) is 79.3 Å². The van der Waals surface area contributed by atoms with Gasteiger partial charge in [-0.15, -0.1) is 10.2 Å². The average Bonchev–Trinajstić information content (AvgIpc) is 3.94. The fraction of sp³-hybridized carbons (Fsp3) is 0.684. The third-order valence-corrected chi connectivity index (χ3v) is 11.9. The highest BCUT2D eigenvalue weighted by Crippen LogP contribution is 2.34. The van der Waals surface area contributed by atoms with E-state index in [2.05, 4.69) is 57.8 Å². The molecule has 0 unspecified atom stereocenters. The zero-order valence-electron chi connectivity index (χ0n) is 39.8. The largest absolute Gasteiger partial charge is 0.480 e. The van der Waals surface area contributed by atoms with Gasteiger partial charge in [-0.3, -0.25) is 56.8 Å². The average molecular weight is 1050 g/mol. The van der Waals surface area contributed by atoms with E-state index in [1.807, 2.05) is 0 Å². The molecule has 0 fully saturated rings. The van der Waals surface area contributed by atoms with Crippen molar-refractivity contribution in [3.63, 3.8) is 0 Å². The summed E-state index contributed by atoms with van der Waals surface area (Å²) in [5.41, 5.74) is 17.2. The Morgan fingerprint density at radius 3 is 1.23 bits per heavy atom. The van der Waals surface area contributed by atoms with Crippen molar-refractivity contribution in [1.29, 1.82) is 0 Å². The summed E-state index contributed by atoms with van der Waals surface area (Å²) in [4.78, 5) is 143. The van der Waals surface area contributed by atoms with Crippen molar-refractivity contribution in [3.05, 3.63) is 23.8 Å². The van der Waals surface area contributed by atoms with Gasteiger partial charge in [0.25, 0.3) is 0 Å². The van der Waals surface area contributed by atoms with Gasteiger partial charge in [0.15, 0.2) is 0 Å². The maximum absolute atomic E-state index is 14.0. The van der Waals surface area contributed by atoms with Crippen molar-refractivity contribution < 1.29 is 72.2 Å². The number of amides is 7. The van der Waals surface area contributed by atoms with Gasteiger partial charge >= 0.3 is 21.2 Å². The van der Waals surface area contributed by atoms with Gasteiger partial charge in [0.2, 0.25) is 41.4 Å². The van der Waals surface area contributed by atoms with E-state index in [0.29, 0.717) is 19.3 Å². The normalized spacial score (nSPS) is 15.1. The maximum atomic E-state index is 14.0. The first-order chi connectivity index (χ1) is 33.1. The Kier molecular flexibility index (Phi) is 25.5. The van der Waals surface area contributed by atoms with Gasteiger partial charge in [-0.1, -0.05) is 10.4 Å². The third kappa shape index (κ3) is 23.8. The number of rotatable bonds is 33. The fourth-order valence-corrected chi connectivity index (χ4v) is 7.14. The van der Waals surface area contributed by atoms with Crippen molar-refractivity contribution >= 4 is 62.5 Å². The van der Waals surface area contributed by atoms with Crippen LogP contribution in [0.3, 0.4) is 0 Å². The molecule has 7 amide bonds. The van der Waals surface area contributed by atoms with Gasteiger partial charge in [0.05, 0.1) is 42.8 Å². The molecule has 0 aliphatic rings. The molecule has 31 nitrogen and oxygen atoms in total. The van der Waals surface area contributed by atoms with E-state index in [0.717, 1.165) is 9.36 Å². The van der Waals surface area contributed by atoms with Crippen LogP contribution in [-0.2, 0) is 73.4 Å². The summed E-state index contributed by atoms with van der Waals surface area (Å²) in [5.74, 6) is -7.47. The second-order valence-corrected chi connectivity index (χ2v) is 20.3. The van der Waals surface area contributed by atoms with Crippen LogP contribution in [0.5, 0.6) is 0 Å². The van der Waals surface area contributed by atoms with E-state index in [4.69, 9.17) is 17.2 Å². The first-order valence-electron chi connectivity index (χ1n) is 22.5. The van der Waals surface area contributed by atoms with Crippen LogP contribution < -0.4 is 54.4 Å². The second kappa shape index (κ2) is 29.5. The lowest BCUT2D eigenvalue weighted by atomic mass is 10.0. The van der Waals surface area contributed by atoms with E-state index in [9.17, 15) is 72.2 Å². The van der Waals surface area contributed by atoms with Crippen molar-refractivity contribution in [2.24, 2.45) is 17.2 Å². The number of nitrogens with one attached hydrogen (secondary N) is 7. The molecule has 0 aromatic carbocycles. The van der Waals surface area contributed by atoms with Crippen LogP contribution in [0, 0.1) is 0 Å². The number of aromatic nitrogens is 6. The van der Waals surface area contributed by atoms with Crippen LogP contribution in [-0.4, -0.2) is 176 Å². The molecule has 0 radical (unpaired) electrons. The van der Waals surface area contributed by atoms with E-state index in [-0.39, 0.29) is 63.3 Å². The minimum Gasteiger partial charge on any atom is -0.480 e. The number of nitrogens with two attached hydrogens (primary N) is 3. The van der Waals surface area contributed by atoms with Crippen LogP contribution in [0.2, 0.25) is 0 Å². The smallest absolute Gasteiger partial charge is 0.327 e. The molecule has 0 spiro atoms. The summed E-state index contributed by atoms with van der Waals surface area (Å²) in [5, 5.41) is 41.9. The topological polar surface area (TPSA) is 496 Å². The monoisotopic (exact) mass is 1050 g/mol. The Morgan fingerprint density at radius 1 is 0.535 bits per heavy atom. The fourth-order valence-electron chi connectivity index (χ4n) is 6.21. The van der Waals surface area contributed by atoms with Gasteiger partial charge in [-0.25, -0.2) is 0 Å². The Morgan fingerprint density at radius 2 is 0.873 bits per heavy atom. The molecule has 2 heterocycles. The lowest BCUT2D eigenvalue weighted by molar-refractivity contribution is -0.141. The number of carbonyl (C=O) groups excluding carboxylic acids is 7. The van der Waals surface area contributed by atoms with Gasteiger partial charge in [-0.2, -0.15) is 0 Å². The molecule has 8 atom stereocenters. The Bertz CT molecular complexity index is 2220. The van der Waals surface area contributed by atoms with Gasteiger partial charge in [0, 0.05) is 25.2 Å². The number of carboxylic acid groups (broad SMARTS) is 1.